The van der Waals surface area contributed by atoms with Gasteiger partial charge in [0.2, 0.25) is 10.0 Å². The Morgan fingerprint density at radius 3 is 2.96 bits per heavy atom. The number of nitrogens with zero attached hydrogens (tertiary/aromatic N) is 3. The summed E-state index contributed by atoms with van der Waals surface area (Å²) < 4.78 is 28.7. The highest BCUT2D eigenvalue weighted by Gasteiger charge is 2.41. The molecule has 3 heterocycles. The second-order valence-corrected chi connectivity index (χ2v) is 8.64. The summed E-state index contributed by atoms with van der Waals surface area (Å²) in [7, 11) is -3.51. The number of sulfonamides is 1. The average Bonchev–Trinajstić information content (AvgIpc) is 3.07. The maximum atomic E-state index is 13.4. The van der Waals surface area contributed by atoms with E-state index in [0.29, 0.717) is 17.5 Å². The Hall–Kier alpha value is -1.50. The maximum absolute atomic E-state index is 13.4. The molecule has 0 saturated carbocycles. The Bertz CT molecular complexity index is 847. The molecule has 0 aliphatic carbocycles. The summed E-state index contributed by atoms with van der Waals surface area (Å²) >= 11 is 0. The van der Waals surface area contributed by atoms with Crippen molar-refractivity contribution in [1.29, 1.82) is 0 Å². The second-order valence-electron chi connectivity index (χ2n) is 6.78. The van der Waals surface area contributed by atoms with E-state index in [2.05, 4.69) is 16.8 Å². The van der Waals surface area contributed by atoms with E-state index >= 15 is 0 Å². The van der Waals surface area contributed by atoms with Gasteiger partial charge in [0.1, 0.15) is 0 Å². The molecule has 2 aliphatic rings. The number of fused-ring (bicyclic) bond motifs is 2. The van der Waals surface area contributed by atoms with Crippen LogP contribution in [0.15, 0.2) is 41.6 Å². The monoisotopic (exact) mass is 345 g/mol. The molecule has 2 atom stereocenters. The van der Waals surface area contributed by atoms with Crippen LogP contribution < -0.4 is 0 Å². The van der Waals surface area contributed by atoms with Crippen molar-refractivity contribution in [2.75, 3.05) is 19.6 Å². The molecule has 1 aromatic heterocycles. The third-order valence-corrected chi connectivity index (χ3v) is 7.42. The van der Waals surface area contributed by atoms with E-state index in [-0.39, 0.29) is 6.04 Å². The highest BCUT2D eigenvalue weighted by Crippen LogP contribution is 2.32. The van der Waals surface area contributed by atoms with Crippen LogP contribution in [0.4, 0.5) is 0 Å². The summed E-state index contributed by atoms with van der Waals surface area (Å²) in [4.78, 5) is 6.98. The largest absolute Gasteiger partial charge is 0.297 e. The van der Waals surface area contributed by atoms with Crippen LogP contribution in [0.3, 0.4) is 0 Å². The summed E-state index contributed by atoms with van der Waals surface area (Å²) in [5, 5.41) is 1.63. The molecular formula is C18H23N3O2S. The lowest BCUT2D eigenvalue weighted by atomic mass is 10.1. The molecule has 6 heteroatoms. The van der Waals surface area contributed by atoms with Gasteiger partial charge in [0.25, 0.3) is 0 Å². The predicted octanol–water partition coefficient (Wildman–Crippen LogP) is 2.48. The molecule has 0 bridgehead atoms. The van der Waals surface area contributed by atoms with Gasteiger partial charge in [0, 0.05) is 48.3 Å². The third kappa shape index (κ3) is 2.53. The average molecular weight is 345 g/mol. The van der Waals surface area contributed by atoms with Crippen molar-refractivity contribution in [3.05, 3.63) is 36.7 Å². The van der Waals surface area contributed by atoms with E-state index in [9.17, 15) is 8.42 Å². The van der Waals surface area contributed by atoms with Crippen molar-refractivity contribution in [3.63, 3.8) is 0 Å². The third-order valence-electron chi connectivity index (χ3n) is 5.44. The summed E-state index contributed by atoms with van der Waals surface area (Å²) in [5.41, 5.74) is 0. The number of hydrogen-bond acceptors (Lipinski definition) is 4. The van der Waals surface area contributed by atoms with Crippen LogP contribution in [-0.2, 0) is 10.0 Å². The molecule has 2 saturated heterocycles. The number of benzene rings is 1. The first-order valence-corrected chi connectivity index (χ1v) is 10.1. The highest BCUT2D eigenvalue weighted by atomic mass is 32.2. The van der Waals surface area contributed by atoms with Gasteiger partial charge in [-0.3, -0.25) is 9.88 Å². The lowest BCUT2D eigenvalue weighted by molar-refractivity contribution is 0.106. The molecule has 4 rings (SSSR count). The fourth-order valence-electron chi connectivity index (χ4n) is 4.13. The zero-order valence-corrected chi connectivity index (χ0v) is 14.7. The van der Waals surface area contributed by atoms with Gasteiger partial charge in [-0.25, -0.2) is 8.42 Å². The van der Waals surface area contributed by atoms with Gasteiger partial charge in [-0.05, 0) is 37.9 Å². The molecule has 0 amide bonds. The van der Waals surface area contributed by atoms with Crippen LogP contribution in [0.1, 0.15) is 26.2 Å². The number of pyridine rings is 1. The lowest BCUT2D eigenvalue weighted by Crippen LogP contribution is -2.57. The van der Waals surface area contributed by atoms with Gasteiger partial charge in [-0.1, -0.05) is 19.1 Å². The quantitative estimate of drug-likeness (QED) is 0.858. The Labute approximate surface area is 143 Å². The van der Waals surface area contributed by atoms with E-state index in [0.717, 1.165) is 36.7 Å². The first-order valence-electron chi connectivity index (χ1n) is 8.70. The van der Waals surface area contributed by atoms with E-state index in [4.69, 9.17) is 0 Å². The van der Waals surface area contributed by atoms with Gasteiger partial charge < -0.3 is 0 Å². The molecule has 128 valence electrons. The molecule has 0 N–H and O–H groups in total. The van der Waals surface area contributed by atoms with Crippen molar-refractivity contribution < 1.29 is 8.42 Å². The van der Waals surface area contributed by atoms with Gasteiger partial charge in [0.05, 0.1) is 4.90 Å². The molecule has 5 nitrogen and oxygen atoms in total. The molecule has 0 radical (unpaired) electrons. The molecule has 1 aromatic carbocycles. The number of hydrogen-bond donors (Lipinski definition) is 0. The summed E-state index contributed by atoms with van der Waals surface area (Å²) in [6.07, 6.45) is 6.50. The Balaban J connectivity index is 1.78. The molecule has 2 aliphatic heterocycles. The summed E-state index contributed by atoms with van der Waals surface area (Å²) in [5.74, 6) is 0. The van der Waals surface area contributed by atoms with E-state index < -0.39 is 10.0 Å². The van der Waals surface area contributed by atoms with Gasteiger partial charge >= 0.3 is 0 Å². The molecule has 2 fully saturated rings. The normalized spacial score (nSPS) is 25.9. The zero-order valence-electron chi connectivity index (χ0n) is 13.9. The van der Waals surface area contributed by atoms with Crippen molar-refractivity contribution in [2.45, 2.75) is 43.2 Å². The summed E-state index contributed by atoms with van der Waals surface area (Å²) in [6, 6.07) is 7.68. The van der Waals surface area contributed by atoms with E-state index in [1.165, 1.54) is 6.42 Å². The lowest BCUT2D eigenvalue weighted by Gasteiger charge is -2.42. The van der Waals surface area contributed by atoms with Crippen LogP contribution in [-0.4, -0.2) is 54.3 Å². The van der Waals surface area contributed by atoms with Crippen molar-refractivity contribution in [3.8, 4) is 0 Å². The molecule has 24 heavy (non-hydrogen) atoms. The minimum atomic E-state index is -3.51. The first kappa shape index (κ1) is 16.0. The zero-order chi connectivity index (χ0) is 16.7. The Morgan fingerprint density at radius 1 is 1.25 bits per heavy atom. The molecular weight excluding hydrogens is 322 g/mol. The summed E-state index contributed by atoms with van der Waals surface area (Å²) in [6.45, 7) is 4.65. The molecule has 0 unspecified atom stereocenters. The molecule has 0 spiro atoms. The highest BCUT2D eigenvalue weighted by molar-refractivity contribution is 7.89. The van der Waals surface area contributed by atoms with Crippen molar-refractivity contribution in [2.24, 2.45) is 0 Å². The SMILES string of the molecule is CC[C@H]1CN2CCC[C@@H]2CN1S(=O)(=O)c1cccc2cnccc12. The van der Waals surface area contributed by atoms with Crippen LogP contribution in [0.25, 0.3) is 10.8 Å². The van der Waals surface area contributed by atoms with Gasteiger partial charge in [0.15, 0.2) is 0 Å². The smallest absolute Gasteiger partial charge is 0.244 e. The van der Waals surface area contributed by atoms with Crippen molar-refractivity contribution >= 4 is 20.8 Å². The number of rotatable bonds is 3. The van der Waals surface area contributed by atoms with Crippen molar-refractivity contribution in [1.82, 2.24) is 14.2 Å². The molecule has 2 aromatic rings. The Kier molecular flexibility index (Phi) is 4.06. The predicted molar refractivity (Wildman–Crippen MR) is 94.3 cm³/mol. The van der Waals surface area contributed by atoms with E-state index in [1.54, 1.807) is 28.8 Å². The minimum absolute atomic E-state index is 0.0569. The minimum Gasteiger partial charge on any atom is -0.297 e. The number of aromatic nitrogens is 1. The van der Waals surface area contributed by atoms with Gasteiger partial charge in [-0.2, -0.15) is 4.31 Å². The van der Waals surface area contributed by atoms with Gasteiger partial charge in [-0.15, -0.1) is 0 Å². The first-order chi connectivity index (χ1) is 11.6. The standard InChI is InChI=1S/C18H23N3O2S/c1-2-15-12-20-10-4-6-16(20)13-21(15)24(22,23)18-7-3-5-14-11-19-9-8-17(14)18/h3,5,7-9,11,15-16H,2,4,6,10,12-13H2,1H3/t15-,16+/m0/s1. The number of piperazine rings is 1. The topological polar surface area (TPSA) is 53.5 Å². The van der Waals surface area contributed by atoms with Crippen LogP contribution >= 0.6 is 0 Å². The van der Waals surface area contributed by atoms with Crippen LogP contribution in [0, 0.1) is 0 Å². The van der Waals surface area contributed by atoms with Crippen LogP contribution in [0.2, 0.25) is 0 Å². The van der Waals surface area contributed by atoms with E-state index in [1.807, 2.05) is 12.1 Å². The fraction of sp³-hybridized carbons (Fsp3) is 0.500. The second kappa shape index (κ2) is 6.10. The maximum Gasteiger partial charge on any atom is 0.244 e. The fourth-order valence-corrected chi connectivity index (χ4v) is 6.08. The Morgan fingerprint density at radius 2 is 2.12 bits per heavy atom. The van der Waals surface area contributed by atoms with Crippen LogP contribution in [0.5, 0.6) is 0 Å².